The fraction of sp³-hybridized carbons (Fsp3) is 0.200. The first kappa shape index (κ1) is 9.67. The van der Waals surface area contributed by atoms with Crippen molar-refractivity contribution in [3.05, 3.63) is 35.9 Å². The van der Waals surface area contributed by atoms with Crippen LogP contribution in [0.1, 0.15) is 11.3 Å². The molecule has 2 aromatic heterocycles. The molecule has 0 radical (unpaired) electrons. The zero-order chi connectivity index (χ0) is 10.8. The van der Waals surface area contributed by atoms with Crippen LogP contribution in [0.4, 0.5) is 5.82 Å². The first-order valence-corrected chi connectivity index (χ1v) is 4.57. The lowest BCUT2D eigenvalue weighted by Crippen LogP contribution is -2.00. The van der Waals surface area contributed by atoms with Gasteiger partial charge in [0.05, 0.1) is 12.3 Å². The Morgan fingerprint density at radius 3 is 2.87 bits per heavy atom. The number of aryl methyl sites for hydroxylation is 1. The van der Waals surface area contributed by atoms with E-state index in [-0.39, 0.29) is 6.61 Å². The van der Waals surface area contributed by atoms with E-state index in [4.69, 9.17) is 10.8 Å². The van der Waals surface area contributed by atoms with E-state index in [9.17, 15) is 0 Å². The molecule has 0 unspecified atom stereocenters. The number of aliphatic hydroxyl groups excluding tert-OH is 1. The Hall–Kier alpha value is -1.88. The van der Waals surface area contributed by atoms with Crippen LogP contribution in [0.3, 0.4) is 0 Å². The van der Waals surface area contributed by atoms with E-state index in [1.54, 1.807) is 23.0 Å². The monoisotopic (exact) mass is 204 g/mol. The Morgan fingerprint density at radius 1 is 1.47 bits per heavy atom. The number of nitrogens with two attached hydrogens (primary N) is 1. The van der Waals surface area contributed by atoms with Gasteiger partial charge < -0.3 is 10.8 Å². The number of nitrogen functional groups attached to an aromatic ring is 1. The fourth-order valence-electron chi connectivity index (χ4n) is 1.36. The standard InChI is InChI=1S/C10H12N4O/c1-7-4-14(6-12-7)10-3-8(5-15)2-9(11)13-10/h2-4,6,15H,5H2,1H3,(H2,11,13). The van der Waals surface area contributed by atoms with Crippen LogP contribution in [0, 0.1) is 6.92 Å². The summed E-state index contributed by atoms with van der Waals surface area (Å²) in [4.78, 5) is 8.25. The van der Waals surface area contributed by atoms with Gasteiger partial charge in [-0.25, -0.2) is 9.97 Å². The van der Waals surface area contributed by atoms with Gasteiger partial charge in [-0.05, 0) is 24.6 Å². The van der Waals surface area contributed by atoms with Crippen molar-refractivity contribution in [3.63, 3.8) is 0 Å². The van der Waals surface area contributed by atoms with E-state index < -0.39 is 0 Å². The normalized spacial score (nSPS) is 10.5. The van der Waals surface area contributed by atoms with Gasteiger partial charge in [-0.2, -0.15) is 0 Å². The molecule has 0 atom stereocenters. The zero-order valence-electron chi connectivity index (χ0n) is 8.38. The Bertz CT molecular complexity index is 478. The van der Waals surface area contributed by atoms with Crippen molar-refractivity contribution < 1.29 is 5.11 Å². The molecule has 2 rings (SSSR count). The van der Waals surface area contributed by atoms with E-state index in [0.717, 1.165) is 11.3 Å². The van der Waals surface area contributed by atoms with Gasteiger partial charge in [0.2, 0.25) is 0 Å². The number of aliphatic hydroxyl groups is 1. The second kappa shape index (κ2) is 3.70. The number of aromatic nitrogens is 3. The lowest BCUT2D eigenvalue weighted by atomic mass is 10.2. The lowest BCUT2D eigenvalue weighted by Gasteiger charge is -2.04. The molecule has 2 aromatic rings. The molecule has 0 aromatic carbocycles. The summed E-state index contributed by atoms with van der Waals surface area (Å²) in [6.07, 6.45) is 3.52. The number of pyridine rings is 1. The SMILES string of the molecule is Cc1cn(-c2cc(CO)cc(N)n2)cn1. The quantitative estimate of drug-likeness (QED) is 0.753. The maximum Gasteiger partial charge on any atom is 0.140 e. The van der Waals surface area contributed by atoms with Crippen molar-refractivity contribution in [2.24, 2.45) is 0 Å². The molecule has 2 heterocycles. The van der Waals surface area contributed by atoms with Gasteiger partial charge >= 0.3 is 0 Å². The van der Waals surface area contributed by atoms with Crippen LogP contribution in [0.15, 0.2) is 24.7 Å². The van der Waals surface area contributed by atoms with Gasteiger partial charge in [0.15, 0.2) is 0 Å². The van der Waals surface area contributed by atoms with Gasteiger partial charge in [0.1, 0.15) is 18.0 Å². The number of imidazole rings is 1. The number of hydrogen-bond acceptors (Lipinski definition) is 4. The third-order valence-electron chi connectivity index (χ3n) is 2.05. The molecule has 78 valence electrons. The van der Waals surface area contributed by atoms with Gasteiger partial charge in [0.25, 0.3) is 0 Å². The molecular weight excluding hydrogens is 192 g/mol. The minimum atomic E-state index is -0.0482. The third-order valence-corrected chi connectivity index (χ3v) is 2.05. The molecule has 15 heavy (non-hydrogen) atoms. The van der Waals surface area contributed by atoms with Crippen molar-refractivity contribution in [3.8, 4) is 5.82 Å². The van der Waals surface area contributed by atoms with Crippen LogP contribution < -0.4 is 5.73 Å². The first-order chi connectivity index (χ1) is 7.19. The largest absolute Gasteiger partial charge is 0.392 e. The molecule has 0 fully saturated rings. The van der Waals surface area contributed by atoms with E-state index in [0.29, 0.717) is 11.6 Å². The number of rotatable bonds is 2. The van der Waals surface area contributed by atoms with Gasteiger partial charge in [-0.3, -0.25) is 4.57 Å². The summed E-state index contributed by atoms with van der Waals surface area (Å²) in [7, 11) is 0. The van der Waals surface area contributed by atoms with Crippen LogP contribution in [0.2, 0.25) is 0 Å². The average Bonchev–Trinajstić information content (AvgIpc) is 2.64. The van der Waals surface area contributed by atoms with Gasteiger partial charge in [0, 0.05) is 6.20 Å². The average molecular weight is 204 g/mol. The molecule has 0 aliphatic carbocycles. The molecule has 0 amide bonds. The van der Waals surface area contributed by atoms with E-state index in [2.05, 4.69) is 9.97 Å². The van der Waals surface area contributed by atoms with Crippen LogP contribution in [0.5, 0.6) is 0 Å². The molecule has 3 N–H and O–H groups in total. The molecule has 5 nitrogen and oxygen atoms in total. The number of nitrogens with zero attached hydrogens (tertiary/aromatic N) is 3. The summed E-state index contributed by atoms with van der Waals surface area (Å²) in [6, 6.07) is 3.42. The lowest BCUT2D eigenvalue weighted by molar-refractivity contribution is 0.282. The summed E-state index contributed by atoms with van der Waals surface area (Å²) in [6.45, 7) is 1.85. The van der Waals surface area contributed by atoms with Crippen molar-refractivity contribution >= 4 is 5.82 Å². The van der Waals surface area contributed by atoms with Crippen molar-refractivity contribution in [1.29, 1.82) is 0 Å². The van der Waals surface area contributed by atoms with Crippen LogP contribution in [-0.2, 0) is 6.61 Å². The molecular formula is C10H12N4O. The summed E-state index contributed by atoms with van der Waals surface area (Å²) >= 11 is 0. The van der Waals surface area contributed by atoms with Crippen LogP contribution >= 0.6 is 0 Å². The third kappa shape index (κ3) is 1.97. The topological polar surface area (TPSA) is 77.0 Å². The van der Waals surface area contributed by atoms with E-state index in [1.165, 1.54) is 0 Å². The van der Waals surface area contributed by atoms with Crippen LogP contribution in [-0.4, -0.2) is 19.6 Å². The molecule has 0 saturated heterocycles. The fourth-order valence-corrected chi connectivity index (χ4v) is 1.36. The van der Waals surface area contributed by atoms with E-state index >= 15 is 0 Å². The van der Waals surface area contributed by atoms with Crippen molar-refractivity contribution in [2.45, 2.75) is 13.5 Å². The summed E-state index contributed by atoms with van der Waals surface area (Å²) in [5.41, 5.74) is 7.27. The number of anilines is 1. The smallest absolute Gasteiger partial charge is 0.140 e. The summed E-state index contributed by atoms with van der Waals surface area (Å²) in [5, 5.41) is 9.03. The molecule has 0 bridgehead atoms. The number of hydrogen-bond donors (Lipinski definition) is 2. The predicted molar refractivity (Wildman–Crippen MR) is 56.4 cm³/mol. The highest BCUT2D eigenvalue weighted by Crippen LogP contribution is 2.12. The Balaban J connectivity index is 2.48. The molecule has 0 saturated carbocycles. The molecule has 0 aliphatic rings. The maximum absolute atomic E-state index is 9.03. The van der Waals surface area contributed by atoms with Crippen LogP contribution in [0.25, 0.3) is 5.82 Å². The van der Waals surface area contributed by atoms with E-state index in [1.807, 2.05) is 13.1 Å². The highest BCUT2D eigenvalue weighted by atomic mass is 16.3. The summed E-state index contributed by atoms with van der Waals surface area (Å²) in [5.74, 6) is 1.06. The maximum atomic E-state index is 9.03. The summed E-state index contributed by atoms with van der Waals surface area (Å²) < 4.78 is 1.77. The van der Waals surface area contributed by atoms with Crippen molar-refractivity contribution in [2.75, 3.05) is 5.73 Å². The Labute approximate surface area is 87.2 Å². The second-order valence-corrected chi connectivity index (χ2v) is 3.34. The highest BCUT2D eigenvalue weighted by Gasteiger charge is 2.02. The second-order valence-electron chi connectivity index (χ2n) is 3.34. The Morgan fingerprint density at radius 2 is 2.27 bits per heavy atom. The highest BCUT2D eigenvalue weighted by molar-refractivity contribution is 5.40. The molecule has 0 aliphatic heterocycles. The minimum absolute atomic E-state index is 0.0482. The van der Waals surface area contributed by atoms with Gasteiger partial charge in [-0.1, -0.05) is 0 Å². The minimum Gasteiger partial charge on any atom is -0.392 e. The van der Waals surface area contributed by atoms with Crippen molar-refractivity contribution in [1.82, 2.24) is 14.5 Å². The van der Waals surface area contributed by atoms with Gasteiger partial charge in [-0.15, -0.1) is 0 Å². The molecule has 0 spiro atoms. The molecule has 5 heteroatoms. The predicted octanol–water partition coefficient (Wildman–Crippen LogP) is 0.650. The first-order valence-electron chi connectivity index (χ1n) is 4.57. The Kier molecular flexibility index (Phi) is 2.39. The zero-order valence-corrected chi connectivity index (χ0v) is 8.38.